The minimum atomic E-state index is -0.696. The fraction of sp³-hybridized carbons (Fsp3) is 0.348. The summed E-state index contributed by atoms with van der Waals surface area (Å²) in [7, 11) is 1.52. The first-order valence-electron chi connectivity index (χ1n) is 10.3. The highest BCUT2D eigenvalue weighted by Gasteiger charge is 2.28. The second-order valence-corrected chi connectivity index (χ2v) is 8.55. The van der Waals surface area contributed by atoms with Crippen molar-refractivity contribution in [2.75, 3.05) is 25.5 Å². The molecule has 4 rings (SSSR count). The summed E-state index contributed by atoms with van der Waals surface area (Å²) in [5.74, 6) is 0.504. The molecule has 1 saturated heterocycles. The van der Waals surface area contributed by atoms with Gasteiger partial charge in [-0.05, 0) is 42.3 Å². The van der Waals surface area contributed by atoms with E-state index in [2.05, 4.69) is 10.4 Å². The number of likely N-dealkylation sites (tertiary alicyclic amines) is 1. The maximum Gasteiger partial charge on any atom is 0.264 e. The number of carbonyl (C=O) groups excluding carboxylic acids is 2. The number of hydrogen-bond acceptors (Lipinski definition) is 5. The fourth-order valence-electron chi connectivity index (χ4n) is 3.97. The maximum absolute atomic E-state index is 12.9. The summed E-state index contributed by atoms with van der Waals surface area (Å²) in [5.41, 5.74) is 1.82. The molecule has 0 unspecified atom stereocenters. The Bertz CT molecular complexity index is 1040. The molecule has 1 N–H and O–H groups in total. The minimum absolute atomic E-state index is 0.103. The number of nitrogens with one attached hydrogen (secondary N) is 1. The van der Waals surface area contributed by atoms with Crippen molar-refractivity contribution in [3.8, 4) is 0 Å². The maximum atomic E-state index is 12.9. The lowest BCUT2D eigenvalue weighted by Crippen LogP contribution is -2.39. The number of aromatic nitrogens is 2. The molecule has 2 amide bonds. The molecule has 0 radical (unpaired) electrons. The Balaban J connectivity index is 1.40. The fourth-order valence-corrected chi connectivity index (χ4v) is 4.86. The van der Waals surface area contributed by atoms with Crippen molar-refractivity contribution in [2.45, 2.75) is 31.9 Å². The lowest BCUT2D eigenvalue weighted by Gasteiger charge is -2.32. The van der Waals surface area contributed by atoms with Crippen LogP contribution in [0, 0.1) is 6.92 Å². The second kappa shape index (κ2) is 9.45. The van der Waals surface area contributed by atoms with Crippen LogP contribution in [-0.4, -0.2) is 46.7 Å². The molecule has 0 spiro atoms. The molecule has 8 heteroatoms. The minimum Gasteiger partial charge on any atom is -0.367 e. The van der Waals surface area contributed by atoms with Crippen molar-refractivity contribution in [2.24, 2.45) is 0 Å². The van der Waals surface area contributed by atoms with Crippen molar-refractivity contribution in [3.05, 3.63) is 70.0 Å². The van der Waals surface area contributed by atoms with Crippen molar-refractivity contribution < 1.29 is 14.3 Å². The highest BCUT2D eigenvalue weighted by atomic mass is 32.1. The number of carbonyl (C=O) groups is 2. The highest BCUT2D eigenvalue weighted by molar-refractivity contribution is 7.12. The van der Waals surface area contributed by atoms with Gasteiger partial charge in [-0.1, -0.05) is 30.3 Å². The van der Waals surface area contributed by atoms with Gasteiger partial charge in [0.15, 0.2) is 6.10 Å². The Kier molecular flexibility index (Phi) is 6.48. The number of amides is 2. The molecule has 7 nitrogen and oxygen atoms in total. The Hall–Kier alpha value is -2.97. The number of aryl methyl sites for hydroxylation is 1. The number of rotatable bonds is 6. The van der Waals surface area contributed by atoms with Crippen LogP contribution in [0.5, 0.6) is 0 Å². The summed E-state index contributed by atoms with van der Waals surface area (Å²) in [6, 6.07) is 13.3. The molecular weight excluding hydrogens is 412 g/mol. The van der Waals surface area contributed by atoms with Crippen LogP contribution in [0.3, 0.4) is 0 Å². The predicted molar refractivity (Wildman–Crippen MR) is 120 cm³/mol. The van der Waals surface area contributed by atoms with E-state index in [1.807, 2.05) is 58.3 Å². The zero-order valence-corrected chi connectivity index (χ0v) is 18.5. The molecule has 31 heavy (non-hydrogen) atoms. The molecule has 2 aromatic heterocycles. The van der Waals surface area contributed by atoms with Crippen molar-refractivity contribution in [1.82, 2.24) is 14.7 Å². The third-order valence-electron chi connectivity index (χ3n) is 5.65. The van der Waals surface area contributed by atoms with E-state index in [4.69, 9.17) is 4.74 Å². The number of ether oxygens (including phenoxy) is 1. The molecule has 3 aromatic rings. The summed E-state index contributed by atoms with van der Waals surface area (Å²) in [6.07, 6.45) is 2.56. The number of anilines is 1. The second-order valence-electron chi connectivity index (χ2n) is 7.63. The van der Waals surface area contributed by atoms with Crippen LogP contribution in [-0.2, 0) is 9.53 Å². The normalized spacial score (nSPS) is 15.6. The van der Waals surface area contributed by atoms with Gasteiger partial charge in [0, 0.05) is 26.3 Å². The highest BCUT2D eigenvalue weighted by Crippen LogP contribution is 2.28. The monoisotopic (exact) mass is 438 g/mol. The van der Waals surface area contributed by atoms with Gasteiger partial charge in [0.1, 0.15) is 5.82 Å². The average Bonchev–Trinajstić information content (AvgIpc) is 3.43. The Labute approximate surface area is 185 Å². The topological polar surface area (TPSA) is 76.5 Å². The van der Waals surface area contributed by atoms with E-state index in [0.29, 0.717) is 18.9 Å². The summed E-state index contributed by atoms with van der Waals surface area (Å²) in [5, 5.41) is 9.36. The van der Waals surface area contributed by atoms with Crippen LogP contribution < -0.4 is 5.32 Å². The molecule has 3 heterocycles. The third kappa shape index (κ3) is 4.55. The Morgan fingerprint density at radius 3 is 2.55 bits per heavy atom. The number of hydrogen-bond donors (Lipinski definition) is 1. The van der Waals surface area contributed by atoms with E-state index in [0.717, 1.165) is 28.8 Å². The summed E-state index contributed by atoms with van der Waals surface area (Å²) >= 11 is 1.49. The quantitative estimate of drug-likeness (QED) is 0.630. The van der Waals surface area contributed by atoms with Crippen LogP contribution in [0.4, 0.5) is 5.82 Å². The molecule has 0 saturated carbocycles. The largest absolute Gasteiger partial charge is 0.367 e. The van der Waals surface area contributed by atoms with Gasteiger partial charge in [0.25, 0.3) is 11.8 Å². The summed E-state index contributed by atoms with van der Waals surface area (Å²) in [6.45, 7) is 3.30. The lowest BCUT2D eigenvalue weighted by molar-refractivity contribution is -0.126. The van der Waals surface area contributed by atoms with Crippen molar-refractivity contribution in [3.63, 3.8) is 0 Å². The first-order valence-corrected chi connectivity index (χ1v) is 11.2. The standard InChI is InChI=1S/C23H26N4O3S/c1-16-11-15-31-21(16)23(29)26-13-9-18(10-14-26)27-19(8-12-24-27)25-22(28)20(30-2)17-6-4-3-5-7-17/h3-8,11-12,15,18,20H,9-10,13-14H2,1-2H3,(H,25,28)/t20-/m0/s1. The van der Waals surface area contributed by atoms with Crippen LogP contribution >= 0.6 is 11.3 Å². The van der Waals surface area contributed by atoms with Crippen LogP contribution in [0.25, 0.3) is 0 Å². The van der Waals surface area contributed by atoms with Gasteiger partial charge in [-0.3, -0.25) is 9.59 Å². The SMILES string of the molecule is CO[C@H](C(=O)Nc1ccnn1C1CCN(C(=O)c2sccc2C)CC1)c1ccccc1. The first kappa shape index (κ1) is 21.3. The average molecular weight is 439 g/mol. The van der Waals surface area contributed by atoms with Crippen LogP contribution in [0.2, 0.25) is 0 Å². The molecule has 0 aliphatic carbocycles. The van der Waals surface area contributed by atoms with E-state index >= 15 is 0 Å². The van der Waals surface area contributed by atoms with E-state index in [9.17, 15) is 9.59 Å². The van der Waals surface area contributed by atoms with Gasteiger partial charge >= 0.3 is 0 Å². The third-order valence-corrected chi connectivity index (χ3v) is 6.66. The molecular formula is C23H26N4O3S. The summed E-state index contributed by atoms with van der Waals surface area (Å²) in [4.78, 5) is 28.4. The number of methoxy groups -OCH3 is 1. The molecule has 162 valence electrons. The van der Waals surface area contributed by atoms with E-state index in [1.54, 1.807) is 12.3 Å². The first-order chi connectivity index (χ1) is 15.1. The molecule has 1 aliphatic heterocycles. The van der Waals surface area contributed by atoms with E-state index in [-0.39, 0.29) is 17.9 Å². The Morgan fingerprint density at radius 1 is 1.16 bits per heavy atom. The lowest BCUT2D eigenvalue weighted by atomic mass is 10.0. The van der Waals surface area contributed by atoms with E-state index in [1.165, 1.54) is 18.4 Å². The molecule has 1 aromatic carbocycles. The van der Waals surface area contributed by atoms with Crippen LogP contribution in [0.1, 0.15) is 45.8 Å². The van der Waals surface area contributed by atoms with Gasteiger partial charge in [0.05, 0.1) is 17.1 Å². The Morgan fingerprint density at radius 2 is 1.90 bits per heavy atom. The van der Waals surface area contributed by atoms with Crippen LogP contribution in [0.15, 0.2) is 54.0 Å². The smallest absolute Gasteiger partial charge is 0.264 e. The zero-order chi connectivity index (χ0) is 21.8. The predicted octanol–water partition coefficient (Wildman–Crippen LogP) is 4.06. The van der Waals surface area contributed by atoms with E-state index < -0.39 is 6.10 Å². The number of piperidine rings is 1. The molecule has 0 bridgehead atoms. The van der Waals surface area contributed by atoms with Crippen molar-refractivity contribution >= 4 is 29.0 Å². The van der Waals surface area contributed by atoms with Gasteiger partial charge in [-0.15, -0.1) is 11.3 Å². The zero-order valence-electron chi connectivity index (χ0n) is 17.7. The molecule has 1 aliphatic rings. The summed E-state index contributed by atoms with van der Waals surface area (Å²) < 4.78 is 7.29. The van der Waals surface area contributed by atoms with Gasteiger partial charge in [-0.2, -0.15) is 5.10 Å². The van der Waals surface area contributed by atoms with Gasteiger partial charge in [0.2, 0.25) is 0 Å². The molecule has 1 atom stereocenters. The number of nitrogens with zero attached hydrogens (tertiary/aromatic N) is 3. The number of thiophene rings is 1. The molecule has 1 fully saturated rings. The number of benzene rings is 1. The van der Waals surface area contributed by atoms with Crippen molar-refractivity contribution in [1.29, 1.82) is 0 Å². The van der Waals surface area contributed by atoms with Gasteiger partial charge < -0.3 is 15.0 Å². The van der Waals surface area contributed by atoms with Gasteiger partial charge in [-0.25, -0.2) is 4.68 Å².